The van der Waals surface area contributed by atoms with Crippen LogP contribution >= 0.6 is 0 Å². The Balaban J connectivity index is 1.36. The van der Waals surface area contributed by atoms with Crippen LogP contribution in [0.4, 0.5) is 30.2 Å². The third kappa shape index (κ3) is 3.65. The highest BCUT2D eigenvalue weighted by molar-refractivity contribution is 5.82. The number of piperazine rings is 1. The molecular formula is C24H19F3N6O3. The van der Waals surface area contributed by atoms with Crippen molar-refractivity contribution in [1.29, 1.82) is 0 Å². The summed E-state index contributed by atoms with van der Waals surface area (Å²) in [5.74, 6) is -1.91. The fourth-order valence-corrected chi connectivity index (χ4v) is 4.92. The second-order valence-electron chi connectivity index (χ2n) is 8.82. The van der Waals surface area contributed by atoms with Gasteiger partial charge in [0.05, 0.1) is 17.8 Å². The zero-order valence-corrected chi connectivity index (χ0v) is 18.7. The van der Waals surface area contributed by atoms with Crippen LogP contribution in [0.2, 0.25) is 0 Å². The number of anilines is 3. The van der Waals surface area contributed by atoms with Gasteiger partial charge in [-0.15, -0.1) is 10.2 Å². The number of benzene rings is 1. The van der Waals surface area contributed by atoms with Crippen molar-refractivity contribution in [3.05, 3.63) is 80.4 Å². The molecule has 2 atom stereocenters. The SMILES string of the molecule is O=c1c(N(Cc2ncc(-c3nnc(C(F)F)o3)cc2F)c2ccccc2)c(N2CC3CC2CN3)c1=O. The first-order valence-corrected chi connectivity index (χ1v) is 11.3. The number of alkyl halides is 2. The first-order chi connectivity index (χ1) is 17.4. The van der Waals surface area contributed by atoms with Gasteiger partial charge in [-0.2, -0.15) is 8.78 Å². The lowest BCUT2D eigenvalue weighted by molar-refractivity contribution is 0.116. The van der Waals surface area contributed by atoms with E-state index in [0.29, 0.717) is 17.9 Å². The zero-order chi connectivity index (χ0) is 25.0. The third-order valence-electron chi connectivity index (χ3n) is 6.64. The molecule has 6 rings (SSSR count). The van der Waals surface area contributed by atoms with Crippen LogP contribution in [0.5, 0.6) is 0 Å². The minimum atomic E-state index is -2.95. The summed E-state index contributed by atoms with van der Waals surface area (Å²) in [5, 5.41) is 10.1. The maximum absolute atomic E-state index is 15.1. The number of fused-ring (bicyclic) bond motifs is 2. The Bertz CT molecular complexity index is 1500. The van der Waals surface area contributed by atoms with Crippen LogP contribution in [-0.2, 0) is 6.54 Å². The molecule has 12 heteroatoms. The molecule has 36 heavy (non-hydrogen) atoms. The van der Waals surface area contributed by atoms with E-state index in [4.69, 9.17) is 4.42 Å². The Hall–Kier alpha value is -4.06. The van der Waals surface area contributed by atoms with Gasteiger partial charge in [0, 0.05) is 37.1 Å². The maximum atomic E-state index is 15.1. The van der Waals surface area contributed by atoms with E-state index in [1.165, 1.54) is 6.20 Å². The molecule has 9 nitrogen and oxygen atoms in total. The average Bonchev–Trinajstić information content (AvgIpc) is 3.64. The standard InChI is InChI=1S/C24H19F3N6O3/c25-16-6-12(23-30-31-24(36-23)22(26)27)8-29-17(16)11-33(14-4-2-1-3-5-14)19-18(20(34)21(19)35)32-10-13-7-15(32)9-28-13/h1-6,8,13,15,22,28H,7,9-11H2. The summed E-state index contributed by atoms with van der Waals surface area (Å²) in [6, 6.07) is 10.3. The van der Waals surface area contributed by atoms with Gasteiger partial charge in [0.1, 0.15) is 17.2 Å². The molecule has 4 aromatic rings. The minimum Gasteiger partial charge on any atom is -0.415 e. The second-order valence-corrected chi connectivity index (χ2v) is 8.82. The monoisotopic (exact) mass is 496 g/mol. The summed E-state index contributed by atoms with van der Waals surface area (Å²) in [4.78, 5) is 33.2. The van der Waals surface area contributed by atoms with E-state index >= 15 is 4.39 Å². The molecule has 1 N–H and O–H groups in total. The smallest absolute Gasteiger partial charge is 0.314 e. The number of aromatic nitrogens is 3. The maximum Gasteiger partial charge on any atom is 0.314 e. The van der Waals surface area contributed by atoms with Crippen molar-refractivity contribution in [3.8, 4) is 11.5 Å². The van der Waals surface area contributed by atoms with Gasteiger partial charge in [0.2, 0.25) is 5.89 Å². The summed E-state index contributed by atoms with van der Waals surface area (Å²) in [6.07, 6.45) is -0.822. The molecule has 184 valence electrons. The Kier molecular flexibility index (Phi) is 5.32. The fraction of sp³-hybridized carbons (Fsp3) is 0.292. The number of para-hydroxylation sites is 1. The molecule has 0 spiro atoms. The number of pyridine rings is 1. The highest BCUT2D eigenvalue weighted by Gasteiger charge is 2.43. The number of hydrogen-bond donors (Lipinski definition) is 1. The molecule has 2 fully saturated rings. The van der Waals surface area contributed by atoms with Crippen LogP contribution in [0.25, 0.3) is 11.5 Å². The topological polar surface area (TPSA) is 104 Å². The third-order valence-corrected chi connectivity index (χ3v) is 6.64. The van der Waals surface area contributed by atoms with Crippen molar-refractivity contribution >= 4 is 17.1 Å². The molecule has 2 bridgehead atoms. The van der Waals surface area contributed by atoms with Gasteiger partial charge < -0.3 is 19.5 Å². The van der Waals surface area contributed by atoms with Crippen LogP contribution in [0, 0.1) is 5.82 Å². The Morgan fingerprint density at radius 3 is 2.61 bits per heavy atom. The van der Waals surface area contributed by atoms with Crippen LogP contribution in [0.3, 0.4) is 0 Å². The molecule has 2 aromatic carbocycles. The van der Waals surface area contributed by atoms with Gasteiger partial charge in [0.15, 0.2) is 0 Å². The van der Waals surface area contributed by atoms with Gasteiger partial charge in [-0.25, -0.2) is 4.39 Å². The summed E-state index contributed by atoms with van der Waals surface area (Å²) < 4.78 is 45.5. The quantitative estimate of drug-likeness (QED) is 0.387. The van der Waals surface area contributed by atoms with Crippen molar-refractivity contribution in [2.24, 2.45) is 0 Å². The average molecular weight is 496 g/mol. The van der Waals surface area contributed by atoms with E-state index < -0.39 is 29.0 Å². The molecule has 0 radical (unpaired) electrons. The normalized spacial score (nSPS) is 19.1. The first kappa shape index (κ1) is 22.4. The zero-order valence-electron chi connectivity index (χ0n) is 18.7. The summed E-state index contributed by atoms with van der Waals surface area (Å²) in [7, 11) is 0. The van der Waals surface area contributed by atoms with Gasteiger partial charge in [-0.1, -0.05) is 18.2 Å². The van der Waals surface area contributed by atoms with Crippen molar-refractivity contribution in [2.75, 3.05) is 22.9 Å². The molecule has 0 aliphatic carbocycles. The van der Waals surface area contributed by atoms with Gasteiger partial charge >= 0.3 is 6.43 Å². The molecule has 0 amide bonds. The molecule has 2 saturated heterocycles. The highest BCUT2D eigenvalue weighted by atomic mass is 19.3. The fourth-order valence-electron chi connectivity index (χ4n) is 4.92. The predicted molar refractivity (Wildman–Crippen MR) is 124 cm³/mol. The molecule has 2 aromatic heterocycles. The van der Waals surface area contributed by atoms with E-state index in [0.717, 1.165) is 19.0 Å². The van der Waals surface area contributed by atoms with Gasteiger partial charge in [-0.3, -0.25) is 14.6 Å². The number of nitrogens with zero attached hydrogens (tertiary/aromatic N) is 5. The second kappa shape index (κ2) is 8.55. The minimum absolute atomic E-state index is 0.0141. The van der Waals surface area contributed by atoms with Crippen molar-refractivity contribution < 1.29 is 17.6 Å². The number of hydrogen-bond acceptors (Lipinski definition) is 9. The van der Waals surface area contributed by atoms with E-state index in [1.807, 2.05) is 11.0 Å². The Morgan fingerprint density at radius 2 is 1.97 bits per heavy atom. The van der Waals surface area contributed by atoms with Gasteiger partial charge in [-0.05, 0) is 24.6 Å². The van der Waals surface area contributed by atoms with E-state index in [9.17, 15) is 18.4 Å². The Morgan fingerprint density at radius 1 is 1.17 bits per heavy atom. The molecule has 2 aliphatic rings. The molecule has 2 unspecified atom stereocenters. The van der Waals surface area contributed by atoms with Crippen molar-refractivity contribution in [2.45, 2.75) is 31.5 Å². The van der Waals surface area contributed by atoms with Crippen molar-refractivity contribution in [1.82, 2.24) is 20.5 Å². The highest BCUT2D eigenvalue weighted by Crippen LogP contribution is 2.37. The summed E-state index contributed by atoms with van der Waals surface area (Å²) >= 11 is 0. The van der Waals surface area contributed by atoms with Crippen LogP contribution in [0.15, 0.2) is 56.6 Å². The van der Waals surface area contributed by atoms with Crippen molar-refractivity contribution in [3.63, 3.8) is 0 Å². The van der Waals surface area contributed by atoms with Crippen LogP contribution < -0.4 is 26.0 Å². The van der Waals surface area contributed by atoms with Gasteiger partial charge in [0.25, 0.3) is 16.7 Å². The lowest BCUT2D eigenvalue weighted by atomic mass is 10.1. The molecule has 2 aliphatic heterocycles. The van der Waals surface area contributed by atoms with Crippen LogP contribution in [-0.4, -0.2) is 40.4 Å². The van der Waals surface area contributed by atoms with Crippen LogP contribution in [0.1, 0.15) is 24.4 Å². The number of nitrogens with one attached hydrogen (secondary N) is 1. The lowest BCUT2D eigenvalue weighted by Crippen LogP contribution is -2.51. The summed E-state index contributed by atoms with van der Waals surface area (Å²) in [6.45, 7) is 1.21. The molecule has 0 saturated carbocycles. The van der Waals surface area contributed by atoms with E-state index in [1.54, 1.807) is 29.2 Å². The first-order valence-electron chi connectivity index (χ1n) is 11.3. The lowest BCUT2D eigenvalue weighted by Gasteiger charge is -2.35. The largest absolute Gasteiger partial charge is 0.415 e. The number of halogens is 3. The molecular weight excluding hydrogens is 477 g/mol. The predicted octanol–water partition coefficient (Wildman–Crippen LogP) is 2.69. The summed E-state index contributed by atoms with van der Waals surface area (Å²) in [5.41, 5.74) is -0.00235. The van der Waals surface area contributed by atoms with E-state index in [-0.39, 0.29) is 41.5 Å². The Labute approximate surface area is 201 Å². The molecule has 4 heterocycles. The number of rotatable bonds is 7. The van der Waals surface area contributed by atoms with E-state index in [2.05, 4.69) is 20.5 Å².